The van der Waals surface area contributed by atoms with Crippen molar-refractivity contribution in [2.24, 2.45) is 0 Å². The van der Waals surface area contributed by atoms with Gasteiger partial charge in [0.15, 0.2) is 0 Å². The van der Waals surface area contributed by atoms with Gasteiger partial charge < -0.3 is 9.47 Å². The first-order valence-electron chi connectivity index (χ1n) is 1.76. The highest BCUT2D eigenvalue weighted by Gasteiger charge is 2.02. The van der Waals surface area contributed by atoms with Gasteiger partial charge in [0, 0.05) is 0 Å². The van der Waals surface area contributed by atoms with Crippen LogP contribution in [-0.4, -0.2) is 13.1 Å². The minimum Gasteiger partial charge on any atom is -0.461 e. The van der Waals surface area contributed by atoms with E-state index in [1.165, 1.54) is 12.5 Å². The summed E-state index contributed by atoms with van der Waals surface area (Å²) >= 11 is 0. The van der Waals surface area contributed by atoms with E-state index >= 15 is 0 Å². The third kappa shape index (κ3) is 0.707. The van der Waals surface area contributed by atoms with Gasteiger partial charge in [-0.2, -0.15) is 0 Å². The maximum absolute atomic E-state index is 9.61. The fourth-order valence-corrected chi connectivity index (χ4v) is 0.295. The lowest BCUT2D eigenvalue weighted by atomic mass is 10.6. The van der Waals surface area contributed by atoms with Gasteiger partial charge in [0.1, 0.15) is 6.26 Å². The third-order valence-corrected chi connectivity index (χ3v) is 0.573. The second-order valence-electron chi connectivity index (χ2n) is 1.01. The van der Waals surface area contributed by atoms with Crippen LogP contribution in [-0.2, 0) is 14.3 Å². The summed E-state index contributed by atoms with van der Waals surface area (Å²) in [5, 5.41) is 0. The Morgan fingerprint density at radius 3 is 3.00 bits per heavy atom. The molecule has 0 amide bonds. The summed E-state index contributed by atoms with van der Waals surface area (Å²) in [7, 11) is 0. The summed E-state index contributed by atoms with van der Waals surface area (Å²) in [6, 6.07) is 0. The Kier molecular flexibility index (Phi) is 0.978. The van der Waals surface area contributed by atoms with Crippen molar-refractivity contribution in [2.75, 3.05) is 6.79 Å². The molecule has 0 aromatic heterocycles. The highest BCUT2D eigenvalue weighted by atomic mass is 16.7. The van der Waals surface area contributed by atoms with Crippen molar-refractivity contribution in [1.29, 1.82) is 0 Å². The van der Waals surface area contributed by atoms with E-state index < -0.39 is 0 Å². The maximum atomic E-state index is 9.61. The van der Waals surface area contributed by atoms with Crippen LogP contribution in [0.25, 0.3) is 0 Å². The molecule has 3 heteroatoms. The molecule has 1 radical (unpaired) electrons. The standard InChI is InChI=1S/C4H3O3/c5-1-4-2-6-3-7-4/h2H,3H2. The molecule has 0 fully saturated rings. The largest absolute Gasteiger partial charge is 0.461 e. The van der Waals surface area contributed by atoms with Crippen molar-refractivity contribution >= 4 is 6.29 Å². The highest BCUT2D eigenvalue weighted by molar-refractivity contribution is 5.70. The second kappa shape index (κ2) is 1.64. The fraction of sp³-hybridized carbons (Fsp3) is 0.250. The Morgan fingerprint density at radius 2 is 2.71 bits per heavy atom. The lowest BCUT2D eigenvalue weighted by Gasteiger charge is -1.85. The smallest absolute Gasteiger partial charge is 0.274 e. The van der Waals surface area contributed by atoms with Gasteiger partial charge in [0.2, 0.25) is 12.6 Å². The van der Waals surface area contributed by atoms with Crippen LogP contribution in [0.4, 0.5) is 0 Å². The van der Waals surface area contributed by atoms with Crippen LogP contribution in [0.1, 0.15) is 0 Å². The zero-order valence-electron chi connectivity index (χ0n) is 3.51. The van der Waals surface area contributed by atoms with Gasteiger partial charge in [-0.15, -0.1) is 0 Å². The van der Waals surface area contributed by atoms with Gasteiger partial charge in [-0.3, -0.25) is 4.79 Å². The normalized spacial score (nSPS) is 16.9. The third-order valence-electron chi connectivity index (χ3n) is 0.573. The molecule has 0 aromatic carbocycles. The number of allylic oxidation sites excluding steroid dienone is 1. The lowest BCUT2D eigenvalue weighted by Crippen LogP contribution is -1.84. The number of ether oxygens (including phenoxy) is 2. The molecular formula is C4H3O3. The van der Waals surface area contributed by atoms with Gasteiger partial charge in [-0.05, 0) is 0 Å². The van der Waals surface area contributed by atoms with Gasteiger partial charge in [-0.1, -0.05) is 0 Å². The van der Waals surface area contributed by atoms with Crippen LogP contribution in [0.3, 0.4) is 0 Å². The summed E-state index contributed by atoms with van der Waals surface area (Å²) in [5.41, 5.74) is 0. The monoisotopic (exact) mass is 99.0 g/mol. The summed E-state index contributed by atoms with van der Waals surface area (Å²) in [5.74, 6) is 0.139. The first-order chi connectivity index (χ1) is 3.43. The van der Waals surface area contributed by atoms with Crippen LogP contribution >= 0.6 is 0 Å². The number of rotatable bonds is 1. The lowest BCUT2D eigenvalue weighted by molar-refractivity contribution is 0.0861. The van der Waals surface area contributed by atoms with Crippen LogP contribution in [0.2, 0.25) is 0 Å². The van der Waals surface area contributed by atoms with E-state index in [9.17, 15) is 4.79 Å². The molecule has 0 saturated heterocycles. The highest BCUT2D eigenvalue weighted by Crippen LogP contribution is 2.00. The summed E-state index contributed by atoms with van der Waals surface area (Å²) < 4.78 is 9.02. The molecule has 1 aliphatic rings. The number of hydrogen-bond donors (Lipinski definition) is 0. The Hall–Kier alpha value is -0.990. The van der Waals surface area contributed by atoms with Crippen LogP contribution in [0.5, 0.6) is 0 Å². The van der Waals surface area contributed by atoms with Crippen molar-refractivity contribution in [1.82, 2.24) is 0 Å². The number of hydrogen-bond acceptors (Lipinski definition) is 3. The molecular weight excluding hydrogens is 96.0 g/mol. The predicted molar refractivity (Wildman–Crippen MR) is 20.8 cm³/mol. The molecule has 0 atom stereocenters. The average Bonchev–Trinajstić information content (AvgIpc) is 2.14. The molecule has 0 aromatic rings. The van der Waals surface area contributed by atoms with Crippen molar-refractivity contribution < 1.29 is 14.3 Å². The van der Waals surface area contributed by atoms with E-state index in [0.29, 0.717) is 0 Å². The first kappa shape index (κ1) is 4.18. The Labute approximate surface area is 40.5 Å². The molecule has 1 rings (SSSR count). The molecule has 7 heavy (non-hydrogen) atoms. The zero-order chi connectivity index (χ0) is 5.11. The summed E-state index contributed by atoms with van der Waals surface area (Å²) in [6.07, 6.45) is 2.76. The average molecular weight is 99.1 g/mol. The second-order valence-corrected chi connectivity index (χ2v) is 1.01. The van der Waals surface area contributed by atoms with Crippen LogP contribution in [0.15, 0.2) is 12.0 Å². The molecule has 37 valence electrons. The van der Waals surface area contributed by atoms with Crippen molar-refractivity contribution in [2.45, 2.75) is 0 Å². The molecule has 0 N–H and O–H groups in total. The van der Waals surface area contributed by atoms with E-state index in [-0.39, 0.29) is 12.6 Å². The molecule has 3 nitrogen and oxygen atoms in total. The van der Waals surface area contributed by atoms with Crippen LogP contribution in [0, 0.1) is 0 Å². The quantitative estimate of drug-likeness (QED) is 0.462. The van der Waals surface area contributed by atoms with E-state index in [0.717, 1.165) is 0 Å². The van der Waals surface area contributed by atoms with Crippen molar-refractivity contribution in [3.05, 3.63) is 12.0 Å². The number of carbonyl (C=O) groups excluding carboxylic acids is 1. The van der Waals surface area contributed by atoms with E-state index in [4.69, 9.17) is 0 Å². The van der Waals surface area contributed by atoms with Gasteiger partial charge in [-0.25, -0.2) is 0 Å². The SMILES string of the molecule is O=[C]C1=COCO1. The van der Waals surface area contributed by atoms with Gasteiger partial charge in [0.05, 0.1) is 0 Å². The Bertz CT molecular complexity index is 106. The molecule has 1 heterocycles. The molecule has 0 aliphatic carbocycles. The Balaban J connectivity index is 2.51. The topological polar surface area (TPSA) is 35.5 Å². The minimum absolute atomic E-state index is 0.139. The van der Waals surface area contributed by atoms with E-state index in [2.05, 4.69) is 9.47 Å². The molecule has 0 spiro atoms. The molecule has 1 aliphatic heterocycles. The first-order valence-corrected chi connectivity index (χ1v) is 1.76. The van der Waals surface area contributed by atoms with Gasteiger partial charge in [0.25, 0.3) is 6.29 Å². The molecule has 0 unspecified atom stereocenters. The van der Waals surface area contributed by atoms with Crippen molar-refractivity contribution in [3.8, 4) is 0 Å². The Morgan fingerprint density at radius 1 is 1.86 bits per heavy atom. The summed E-state index contributed by atoms with van der Waals surface area (Å²) in [4.78, 5) is 9.61. The van der Waals surface area contributed by atoms with Gasteiger partial charge >= 0.3 is 0 Å². The molecule has 0 saturated carbocycles. The summed E-state index contributed by atoms with van der Waals surface area (Å²) in [6.45, 7) is 0.143. The predicted octanol–water partition coefficient (Wildman–Crippen LogP) is -0.0582. The molecule has 0 bridgehead atoms. The maximum Gasteiger partial charge on any atom is 0.274 e. The van der Waals surface area contributed by atoms with E-state index in [1.54, 1.807) is 0 Å². The minimum atomic E-state index is 0.139. The van der Waals surface area contributed by atoms with Crippen LogP contribution < -0.4 is 0 Å². The van der Waals surface area contributed by atoms with Crippen molar-refractivity contribution in [3.63, 3.8) is 0 Å². The zero-order valence-corrected chi connectivity index (χ0v) is 3.51. The fourth-order valence-electron chi connectivity index (χ4n) is 0.295. The van der Waals surface area contributed by atoms with E-state index in [1.807, 2.05) is 0 Å².